The summed E-state index contributed by atoms with van der Waals surface area (Å²) in [6.07, 6.45) is 0.589. The molecule has 2 atom stereocenters. The minimum absolute atomic E-state index is 0.00710. The largest absolute Gasteiger partial charge is 0.479 e. The van der Waals surface area contributed by atoms with Crippen molar-refractivity contribution in [2.24, 2.45) is 5.92 Å². The SMILES string of the molecule is C[C@@H]1CN(Cc2ccccc2)CC[C@@]1(Nc1ccccc1)C(=O)O. The van der Waals surface area contributed by atoms with E-state index in [1.54, 1.807) is 0 Å². The average molecular weight is 324 g/mol. The lowest BCUT2D eigenvalue weighted by Crippen LogP contribution is -2.59. The third-order valence-electron chi connectivity index (χ3n) is 4.97. The van der Waals surface area contributed by atoms with Gasteiger partial charge < -0.3 is 10.4 Å². The van der Waals surface area contributed by atoms with Gasteiger partial charge in [0, 0.05) is 31.2 Å². The van der Waals surface area contributed by atoms with Crippen LogP contribution in [0.3, 0.4) is 0 Å². The molecule has 2 N–H and O–H groups in total. The van der Waals surface area contributed by atoms with Crippen LogP contribution in [0.25, 0.3) is 0 Å². The van der Waals surface area contributed by atoms with Gasteiger partial charge in [-0.1, -0.05) is 55.5 Å². The molecular weight excluding hydrogens is 300 g/mol. The maximum absolute atomic E-state index is 12.1. The highest BCUT2D eigenvalue weighted by Gasteiger charge is 2.47. The molecule has 1 heterocycles. The van der Waals surface area contributed by atoms with Crippen LogP contribution in [0.5, 0.6) is 0 Å². The van der Waals surface area contributed by atoms with Crippen LogP contribution in [0.4, 0.5) is 5.69 Å². The van der Waals surface area contributed by atoms with Gasteiger partial charge in [0.1, 0.15) is 5.54 Å². The number of hydrogen-bond acceptors (Lipinski definition) is 3. The molecular formula is C20H24N2O2. The summed E-state index contributed by atoms with van der Waals surface area (Å²) in [5, 5.41) is 13.2. The molecule has 1 aliphatic heterocycles. The molecule has 0 saturated carbocycles. The Labute approximate surface area is 143 Å². The number of para-hydroxylation sites is 1. The van der Waals surface area contributed by atoms with Crippen molar-refractivity contribution in [2.75, 3.05) is 18.4 Å². The second-order valence-electron chi connectivity index (χ2n) is 6.64. The fourth-order valence-electron chi connectivity index (χ4n) is 3.54. The van der Waals surface area contributed by atoms with E-state index < -0.39 is 11.5 Å². The van der Waals surface area contributed by atoms with Crippen LogP contribution in [0.15, 0.2) is 60.7 Å². The molecule has 0 spiro atoms. The fraction of sp³-hybridized carbons (Fsp3) is 0.350. The molecule has 0 radical (unpaired) electrons. The highest BCUT2D eigenvalue weighted by atomic mass is 16.4. The Bertz CT molecular complexity index is 675. The zero-order chi connectivity index (χ0) is 17.0. The summed E-state index contributed by atoms with van der Waals surface area (Å²) >= 11 is 0. The van der Waals surface area contributed by atoms with Gasteiger partial charge in [-0.25, -0.2) is 4.79 Å². The van der Waals surface area contributed by atoms with E-state index >= 15 is 0 Å². The van der Waals surface area contributed by atoms with Gasteiger partial charge in [0.2, 0.25) is 0 Å². The van der Waals surface area contributed by atoms with Crippen molar-refractivity contribution in [1.82, 2.24) is 4.90 Å². The molecule has 1 aliphatic rings. The second kappa shape index (κ2) is 7.05. The van der Waals surface area contributed by atoms with Gasteiger partial charge >= 0.3 is 5.97 Å². The summed E-state index contributed by atoms with van der Waals surface area (Å²) in [5.41, 5.74) is 1.22. The van der Waals surface area contributed by atoms with Gasteiger partial charge in [-0.2, -0.15) is 0 Å². The molecule has 4 nitrogen and oxygen atoms in total. The van der Waals surface area contributed by atoms with Crippen LogP contribution < -0.4 is 5.32 Å². The van der Waals surface area contributed by atoms with E-state index in [1.165, 1.54) is 5.56 Å². The Balaban J connectivity index is 1.72. The van der Waals surface area contributed by atoms with E-state index in [1.807, 2.05) is 55.5 Å². The molecule has 4 heteroatoms. The molecule has 0 bridgehead atoms. The lowest BCUT2D eigenvalue weighted by molar-refractivity contribution is -0.146. The van der Waals surface area contributed by atoms with Crippen LogP contribution in [-0.2, 0) is 11.3 Å². The minimum atomic E-state index is -0.908. The van der Waals surface area contributed by atoms with Gasteiger partial charge in [-0.15, -0.1) is 0 Å². The second-order valence-corrected chi connectivity index (χ2v) is 6.64. The number of benzene rings is 2. The first-order valence-electron chi connectivity index (χ1n) is 8.43. The first kappa shape index (κ1) is 16.5. The molecule has 2 aromatic carbocycles. The zero-order valence-electron chi connectivity index (χ0n) is 14.0. The Hall–Kier alpha value is -2.33. The predicted molar refractivity (Wildman–Crippen MR) is 95.9 cm³/mol. The predicted octanol–water partition coefficient (Wildman–Crippen LogP) is 3.46. The molecule has 126 valence electrons. The summed E-state index contributed by atoms with van der Waals surface area (Å²) in [6.45, 7) is 4.43. The number of hydrogen-bond donors (Lipinski definition) is 2. The van der Waals surface area contributed by atoms with Crippen LogP contribution >= 0.6 is 0 Å². The van der Waals surface area contributed by atoms with Crippen LogP contribution in [-0.4, -0.2) is 34.6 Å². The molecule has 0 aromatic heterocycles. The number of nitrogens with zero attached hydrogens (tertiary/aromatic N) is 1. The normalized spacial score (nSPS) is 24.5. The number of carbonyl (C=O) groups is 1. The summed E-state index contributed by atoms with van der Waals surface area (Å²) in [4.78, 5) is 14.4. The number of likely N-dealkylation sites (tertiary alicyclic amines) is 1. The van der Waals surface area contributed by atoms with Crippen molar-refractivity contribution >= 4 is 11.7 Å². The molecule has 24 heavy (non-hydrogen) atoms. The van der Waals surface area contributed by atoms with E-state index in [2.05, 4.69) is 22.3 Å². The van der Waals surface area contributed by atoms with Crippen molar-refractivity contribution in [3.63, 3.8) is 0 Å². The number of nitrogens with one attached hydrogen (secondary N) is 1. The maximum atomic E-state index is 12.1. The summed E-state index contributed by atoms with van der Waals surface area (Å²) < 4.78 is 0. The lowest BCUT2D eigenvalue weighted by atomic mass is 9.78. The molecule has 0 unspecified atom stereocenters. The molecule has 1 fully saturated rings. The average Bonchev–Trinajstić information content (AvgIpc) is 2.59. The summed E-state index contributed by atoms with van der Waals surface area (Å²) in [6, 6.07) is 20.0. The van der Waals surface area contributed by atoms with Crippen molar-refractivity contribution in [3.05, 3.63) is 66.2 Å². The van der Waals surface area contributed by atoms with E-state index in [0.717, 1.165) is 25.3 Å². The first-order valence-corrected chi connectivity index (χ1v) is 8.43. The monoisotopic (exact) mass is 324 g/mol. The van der Waals surface area contributed by atoms with Gasteiger partial charge in [-0.05, 0) is 24.1 Å². The van der Waals surface area contributed by atoms with Crippen LogP contribution in [0, 0.1) is 5.92 Å². The standard InChI is InChI=1S/C20H24N2O2/c1-16-14-22(15-17-8-4-2-5-9-17)13-12-20(16,19(23)24)21-18-10-6-3-7-11-18/h2-11,16,21H,12-15H2,1H3,(H,23,24)/t16-,20+/m1/s1. The summed E-state index contributed by atoms with van der Waals surface area (Å²) in [5.74, 6) is -0.758. The van der Waals surface area contributed by atoms with Crippen molar-refractivity contribution < 1.29 is 9.90 Å². The van der Waals surface area contributed by atoms with Crippen molar-refractivity contribution in [1.29, 1.82) is 0 Å². The van der Waals surface area contributed by atoms with E-state index in [-0.39, 0.29) is 5.92 Å². The number of anilines is 1. The highest BCUT2D eigenvalue weighted by Crippen LogP contribution is 2.32. The number of aliphatic carboxylic acids is 1. The molecule has 2 aromatic rings. The maximum Gasteiger partial charge on any atom is 0.329 e. The third-order valence-corrected chi connectivity index (χ3v) is 4.97. The summed E-state index contributed by atoms with van der Waals surface area (Å²) in [7, 11) is 0. The van der Waals surface area contributed by atoms with E-state index in [4.69, 9.17) is 0 Å². The minimum Gasteiger partial charge on any atom is -0.479 e. The van der Waals surface area contributed by atoms with E-state index in [0.29, 0.717) is 6.42 Å². The first-order chi connectivity index (χ1) is 11.6. The van der Waals surface area contributed by atoms with Crippen molar-refractivity contribution in [3.8, 4) is 0 Å². The van der Waals surface area contributed by atoms with Crippen LogP contribution in [0.2, 0.25) is 0 Å². The van der Waals surface area contributed by atoms with Gasteiger partial charge in [-0.3, -0.25) is 4.90 Å². The molecule has 1 saturated heterocycles. The smallest absolute Gasteiger partial charge is 0.329 e. The molecule has 0 amide bonds. The van der Waals surface area contributed by atoms with Crippen LogP contribution in [0.1, 0.15) is 18.9 Å². The lowest BCUT2D eigenvalue weighted by Gasteiger charge is -2.44. The topological polar surface area (TPSA) is 52.6 Å². The number of rotatable bonds is 5. The third kappa shape index (κ3) is 3.44. The number of carboxylic acids is 1. The Kier molecular flexibility index (Phi) is 4.86. The van der Waals surface area contributed by atoms with E-state index in [9.17, 15) is 9.90 Å². The fourth-order valence-corrected chi connectivity index (χ4v) is 3.54. The highest BCUT2D eigenvalue weighted by molar-refractivity contribution is 5.83. The Morgan fingerprint density at radius 1 is 1.17 bits per heavy atom. The van der Waals surface area contributed by atoms with Gasteiger partial charge in [0.05, 0.1) is 0 Å². The Morgan fingerprint density at radius 2 is 1.79 bits per heavy atom. The molecule has 0 aliphatic carbocycles. The quantitative estimate of drug-likeness (QED) is 0.884. The Morgan fingerprint density at radius 3 is 2.38 bits per heavy atom. The number of piperidine rings is 1. The number of carboxylic acid groups (broad SMARTS) is 1. The van der Waals surface area contributed by atoms with Crippen molar-refractivity contribution in [2.45, 2.75) is 25.4 Å². The van der Waals surface area contributed by atoms with Gasteiger partial charge in [0.15, 0.2) is 0 Å². The van der Waals surface area contributed by atoms with Gasteiger partial charge in [0.25, 0.3) is 0 Å². The molecule has 3 rings (SSSR count). The zero-order valence-corrected chi connectivity index (χ0v) is 14.0.